The molecule has 0 aliphatic heterocycles. The van der Waals surface area contributed by atoms with Gasteiger partial charge in [-0.05, 0) is 43.5 Å². The number of carbonyl (C=O) groups is 1. The third-order valence-corrected chi connectivity index (χ3v) is 5.35. The number of benzene rings is 2. The number of rotatable bonds is 8. The van der Waals surface area contributed by atoms with Crippen molar-refractivity contribution in [3.05, 3.63) is 59.9 Å². The molecule has 0 unspecified atom stereocenters. The molecular weight excluding hydrogens is 387 g/mol. The molecule has 5 nitrogen and oxygen atoms in total. The molecule has 0 atom stereocenters. The fourth-order valence-corrected chi connectivity index (χ4v) is 3.57. The van der Waals surface area contributed by atoms with Gasteiger partial charge in [0.25, 0.3) is 0 Å². The number of thioether (sulfide) groups is 1. The lowest BCUT2D eigenvalue weighted by Gasteiger charge is -2.11. The van der Waals surface area contributed by atoms with Crippen molar-refractivity contribution in [2.75, 3.05) is 12.3 Å². The third-order valence-electron chi connectivity index (χ3n) is 4.42. The van der Waals surface area contributed by atoms with Crippen LogP contribution in [0.4, 0.5) is 4.39 Å². The zero-order valence-corrected chi connectivity index (χ0v) is 17.7. The van der Waals surface area contributed by atoms with Crippen LogP contribution in [0.3, 0.4) is 0 Å². The highest BCUT2D eigenvalue weighted by Crippen LogP contribution is 2.29. The van der Waals surface area contributed by atoms with E-state index in [1.165, 1.54) is 17.8 Å². The topological polar surface area (TPSA) is 59.8 Å². The quantitative estimate of drug-likeness (QED) is 0.548. The van der Waals surface area contributed by atoms with Gasteiger partial charge in [0.05, 0.1) is 11.3 Å². The zero-order chi connectivity index (χ0) is 20.8. The second-order valence-corrected chi connectivity index (χ2v) is 8.22. The molecule has 0 saturated heterocycles. The number of nitrogens with one attached hydrogen (secondary N) is 1. The van der Waals surface area contributed by atoms with Crippen LogP contribution >= 0.6 is 11.8 Å². The highest BCUT2D eigenvalue weighted by atomic mass is 32.2. The van der Waals surface area contributed by atoms with E-state index in [0.717, 1.165) is 17.7 Å². The van der Waals surface area contributed by atoms with Crippen LogP contribution < -0.4 is 5.32 Å². The van der Waals surface area contributed by atoms with Gasteiger partial charge in [0.15, 0.2) is 11.0 Å². The molecule has 2 aromatic carbocycles. The molecule has 29 heavy (non-hydrogen) atoms. The molecule has 0 radical (unpaired) electrons. The van der Waals surface area contributed by atoms with Crippen LogP contribution in [0.1, 0.15) is 25.8 Å². The van der Waals surface area contributed by atoms with Gasteiger partial charge in [0.2, 0.25) is 5.91 Å². The molecule has 3 rings (SSSR count). The predicted molar refractivity (Wildman–Crippen MR) is 115 cm³/mol. The van der Waals surface area contributed by atoms with Gasteiger partial charge < -0.3 is 5.32 Å². The Balaban J connectivity index is 1.87. The Labute approximate surface area is 174 Å². The highest BCUT2D eigenvalue weighted by Gasteiger charge is 2.19. The minimum absolute atomic E-state index is 0.0541. The zero-order valence-electron chi connectivity index (χ0n) is 16.9. The van der Waals surface area contributed by atoms with Gasteiger partial charge in [0, 0.05) is 12.2 Å². The third kappa shape index (κ3) is 5.44. The summed E-state index contributed by atoms with van der Waals surface area (Å²) in [5, 5.41) is 11.9. The number of aryl methyl sites for hydroxylation is 1. The Morgan fingerprint density at radius 1 is 1.14 bits per heavy atom. The molecular formula is C22H25FN4OS. The first-order chi connectivity index (χ1) is 14.0. The van der Waals surface area contributed by atoms with Gasteiger partial charge in [-0.1, -0.05) is 55.4 Å². The van der Waals surface area contributed by atoms with E-state index in [-0.39, 0.29) is 17.5 Å². The Kier molecular flexibility index (Phi) is 7.04. The first-order valence-corrected chi connectivity index (χ1v) is 10.6. The fourth-order valence-electron chi connectivity index (χ4n) is 2.79. The summed E-state index contributed by atoms with van der Waals surface area (Å²) in [6.45, 7) is 6.90. The second kappa shape index (κ2) is 9.69. The van der Waals surface area contributed by atoms with Crippen molar-refractivity contribution in [1.82, 2.24) is 20.1 Å². The largest absolute Gasteiger partial charge is 0.355 e. The molecule has 152 valence electrons. The maximum Gasteiger partial charge on any atom is 0.230 e. The molecule has 0 aliphatic carbocycles. The van der Waals surface area contributed by atoms with Crippen LogP contribution in [-0.4, -0.2) is 33.0 Å². The lowest BCUT2D eigenvalue weighted by atomic mass is 10.1. The Bertz CT molecular complexity index is 969. The summed E-state index contributed by atoms with van der Waals surface area (Å²) in [7, 11) is 0. The monoisotopic (exact) mass is 412 g/mol. The number of aromatic nitrogens is 3. The predicted octanol–water partition coefficient (Wildman–Crippen LogP) is 4.64. The van der Waals surface area contributed by atoms with E-state index in [9.17, 15) is 9.18 Å². The summed E-state index contributed by atoms with van der Waals surface area (Å²) in [6, 6.07) is 14.3. The van der Waals surface area contributed by atoms with E-state index >= 15 is 0 Å². The molecule has 1 aromatic heterocycles. The van der Waals surface area contributed by atoms with Crippen LogP contribution in [0, 0.1) is 18.7 Å². The van der Waals surface area contributed by atoms with E-state index in [1.54, 1.807) is 22.8 Å². The average molecular weight is 413 g/mol. The summed E-state index contributed by atoms with van der Waals surface area (Å²) in [6.07, 6.45) is 0.938. The van der Waals surface area contributed by atoms with E-state index < -0.39 is 0 Å². The molecule has 0 bridgehead atoms. The summed E-state index contributed by atoms with van der Waals surface area (Å²) >= 11 is 1.29. The standard InChI is InChI=1S/C22H25FN4OS/c1-15(2)12-13-24-20(28)14-29-22-26-25-21(18-6-4-5-7-19(18)23)27(22)17-10-8-16(3)9-11-17/h4-11,15H,12-14H2,1-3H3,(H,24,28). The average Bonchev–Trinajstić information content (AvgIpc) is 3.11. The number of amides is 1. The van der Waals surface area contributed by atoms with Gasteiger partial charge in [-0.2, -0.15) is 0 Å². The summed E-state index contributed by atoms with van der Waals surface area (Å²) in [5.74, 6) is 0.752. The summed E-state index contributed by atoms with van der Waals surface area (Å²) < 4.78 is 16.2. The molecule has 0 saturated carbocycles. The van der Waals surface area contributed by atoms with Crippen LogP contribution in [0.15, 0.2) is 53.7 Å². The maximum atomic E-state index is 14.4. The Morgan fingerprint density at radius 3 is 2.55 bits per heavy atom. The van der Waals surface area contributed by atoms with E-state index in [2.05, 4.69) is 29.4 Å². The number of hydrogen-bond donors (Lipinski definition) is 1. The first kappa shape index (κ1) is 21.0. The van der Waals surface area contributed by atoms with Crippen molar-refractivity contribution in [3.8, 4) is 17.1 Å². The Hall–Kier alpha value is -2.67. The Morgan fingerprint density at radius 2 is 1.86 bits per heavy atom. The molecule has 0 fully saturated rings. The van der Waals surface area contributed by atoms with Gasteiger partial charge >= 0.3 is 0 Å². The van der Waals surface area contributed by atoms with Crippen LogP contribution in [0.2, 0.25) is 0 Å². The molecule has 1 N–H and O–H groups in total. The van der Waals surface area contributed by atoms with E-state index in [0.29, 0.717) is 29.0 Å². The lowest BCUT2D eigenvalue weighted by molar-refractivity contribution is -0.118. The molecule has 1 amide bonds. The molecule has 0 spiro atoms. The normalized spacial score (nSPS) is 11.1. The van der Waals surface area contributed by atoms with E-state index in [4.69, 9.17) is 0 Å². The van der Waals surface area contributed by atoms with Crippen molar-refractivity contribution in [2.24, 2.45) is 5.92 Å². The molecule has 3 aromatic rings. The molecule has 1 heterocycles. The summed E-state index contributed by atoms with van der Waals surface area (Å²) in [4.78, 5) is 12.2. The molecule has 0 aliphatic rings. The van der Waals surface area contributed by atoms with Crippen LogP contribution in [0.25, 0.3) is 17.1 Å². The van der Waals surface area contributed by atoms with Crippen LogP contribution in [0.5, 0.6) is 0 Å². The number of nitrogens with zero attached hydrogens (tertiary/aromatic N) is 3. The summed E-state index contributed by atoms with van der Waals surface area (Å²) in [5.41, 5.74) is 2.31. The first-order valence-electron chi connectivity index (χ1n) is 9.62. The van der Waals surface area contributed by atoms with E-state index in [1.807, 2.05) is 31.2 Å². The number of halogens is 1. The fraction of sp³-hybridized carbons (Fsp3) is 0.318. The van der Waals surface area contributed by atoms with Crippen molar-refractivity contribution >= 4 is 17.7 Å². The maximum absolute atomic E-state index is 14.4. The smallest absolute Gasteiger partial charge is 0.230 e. The highest BCUT2D eigenvalue weighted by molar-refractivity contribution is 7.99. The van der Waals surface area contributed by atoms with Gasteiger partial charge in [-0.25, -0.2) is 4.39 Å². The minimum Gasteiger partial charge on any atom is -0.355 e. The van der Waals surface area contributed by atoms with Gasteiger partial charge in [-0.15, -0.1) is 10.2 Å². The van der Waals surface area contributed by atoms with Crippen molar-refractivity contribution in [2.45, 2.75) is 32.3 Å². The number of carbonyl (C=O) groups excluding carboxylic acids is 1. The second-order valence-electron chi connectivity index (χ2n) is 7.28. The number of hydrogen-bond acceptors (Lipinski definition) is 4. The van der Waals surface area contributed by atoms with Gasteiger partial charge in [-0.3, -0.25) is 9.36 Å². The minimum atomic E-state index is -0.365. The lowest BCUT2D eigenvalue weighted by Crippen LogP contribution is -2.27. The van der Waals surface area contributed by atoms with Gasteiger partial charge in [0.1, 0.15) is 5.82 Å². The molecule has 7 heteroatoms. The van der Waals surface area contributed by atoms with Crippen molar-refractivity contribution < 1.29 is 9.18 Å². The SMILES string of the molecule is Cc1ccc(-n2c(SCC(=O)NCCC(C)C)nnc2-c2ccccc2F)cc1. The van der Waals surface area contributed by atoms with Crippen molar-refractivity contribution in [1.29, 1.82) is 0 Å². The van der Waals surface area contributed by atoms with Crippen LogP contribution in [-0.2, 0) is 4.79 Å². The van der Waals surface area contributed by atoms with Crippen molar-refractivity contribution in [3.63, 3.8) is 0 Å².